The predicted octanol–water partition coefficient (Wildman–Crippen LogP) is 3.85. The number of hydrogen-bond donors (Lipinski definition) is 1. The Morgan fingerprint density at radius 1 is 1.07 bits per heavy atom. The fourth-order valence-corrected chi connectivity index (χ4v) is 3.89. The number of ether oxygens (including phenoxy) is 2. The van der Waals surface area contributed by atoms with Gasteiger partial charge in [-0.3, -0.25) is 0 Å². The average Bonchev–Trinajstić information content (AvgIpc) is 3.07. The van der Waals surface area contributed by atoms with Crippen molar-refractivity contribution >= 4 is 10.0 Å². The number of nitrogens with one attached hydrogen (secondary N) is 1. The highest BCUT2D eigenvalue weighted by atomic mass is 32.2. The maximum atomic E-state index is 13.2. The molecule has 2 aromatic rings. The zero-order valence-corrected chi connectivity index (χ0v) is 16.8. The number of benzene rings is 2. The molecule has 2 unspecified atom stereocenters. The lowest BCUT2D eigenvalue weighted by atomic mass is 9.99. The van der Waals surface area contributed by atoms with E-state index in [1.165, 1.54) is 12.1 Å². The molecular formula is C20H22F3NO4S. The number of rotatable bonds is 6. The summed E-state index contributed by atoms with van der Waals surface area (Å²) in [4.78, 5) is 0. The third-order valence-electron chi connectivity index (χ3n) is 4.65. The van der Waals surface area contributed by atoms with Crippen LogP contribution in [0.2, 0.25) is 0 Å². The van der Waals surface area contributed by atoms with Gasteiger partial charge in [-0.1, -0.05) is 30.3 Å². The van der Waals surface area contributed by atoms with Crippen molar-refractivity contribution in [3.05, 3.63) is 54.1 Å². The van der Waals surface area contributed by atoms with Crippen molar-refractivity contribution in [2.75, 3.05) is 13.2 Å². The first-order chi connectivity index (χ1) is 13.6. The van der Waals surface area contributed by atoms with Crippen molar-refractivity contribution in [2.45, 2.75) is 37.4 Å². The Balaban J connectivity index is 1.75. The van der Waals surface area contributed by atoms with Crippen LogP contribution in [0, 0.1) is 0 Å². The Kier molecular flexibility index (Phi) is 6.21. The maximum absolute atomic E-state index is 13.2. The van der Waals surface area contributed by atoms with Crippen molar-refractivity contribution in [3.8, 4) is 16.9 Å². The molecule has 2 aromatic carbocycles. The van der Waals surface area contributed by atoms with Gasteiger partial charge in [0.2, 0.25) is 10.0 Å². The molecule has 0 amide bonds. The van der Waals surface area contributed by atoms with Crippen LogP contribution in [0.5, 0.6) is 5.75 Å². The van der Waals surface area contributed by atoms with Crippen molar-refractivity contribution in [1.82, 2.24) is 4.72 Å². The molecule has 29 heavy (non-hydrogen) atoms. The summed E-state index contributed by atoms with van der Waals surface area (Å²) in [5.41, 5.74) is -0.218. The van der Waals surface area contributed by atoms with Gasteiger partial charge in [0.15, 0.2) is 0 Å². The first kappa shape index (κ1) is 21.6. The highest BCUT2D eigenvalue weighted by Crippen LogP contribution is 2.37. The molecule has 0 bridgehead atoms. The van der Waals surface area contributed by atoms with Gasteiger partial charge in [-0.15, -0.1) is 0 Å². The van der Waals surface area contributed by atoms with Crippen molar-refractivity contribution in [3.63, 3.8) is 0 Å². The Morgan fingerprint density at radius 3 is 2.34 bits per heavy atom. The summed E-state index contributed by atoms with van der Waals surface area (Å²) < 4.78 is 77.6. The third-order valence-corrected chi connectivity index (χ3v) is 6.52. The summed E-state index contributed by atoms with van der Waals surface area (Å²) in [6.45, 7) is 3.55. The minimum Gasteiger partial charge on any atom is -0.486 e. The molecule has 158 valence electrons. The van der Waals surface area contributed by atoms with E-state index in [4.69, 9.17) is 9.47 Å². The lowest BCUT2D eigenvalue weighted by Crippen LogP contribution is -2.47. The molecule has 0 aliphatic carbocycles. The monoisotopic (exact) mass is 429 g/mol. The van der Waals surface area contributed by atoms with Gasteiger partial charge in [-0.05, 0) is 43.2 Å². The lowest BCUT2D eigenvalue weighted by molar-refractivity contribution is -0.137. The van der Waals surface area contributed by atoms with Crippen LogP contribution in [0.3, 0.4) is 0 Å². The minimum absolute atomic E-state index is 0.0818. The molecule has 1 fully saturated rings. The highest BCUT2D eigenvalue weighted by Gasteiger charge is 2.35. The van der Waals surface area contributed by atoms with E-state index in [2.05, 4.69) is 4.72 Å². The molecule has 0 saturated carbocycles. The van der Waals surface area contributed by atoms with Gasteiger partial charge in [0, 0.05) is 0 Å². The molecule has 0 spiro atoms. The van der Waals surface area contributed by atoms with Crippen LogP contribution in [0.15, 0.2) is 48.5 Å². The zero-order valence-electron chi connectivity index (χ0n) is 15.9. The van der Waals surface area contributed by atoms with Crippen LogP contribution in [0.25, 0.3) is 11.1 Å². The van der Waals surface area contributed by atoms with Gasteiger partial charge in [0.05, 0.1) is 30.1 Å². The number of halogens is 3. The number of alkyl halides is 3. The zero-order chi connectivity index (χ0) is 21.2. The summed E-state index contributed by atoms with van der Waals surface area (Å²) in [6, 6.07) is 11.0. The van der Waals surface area contributed by atoms with E-state index in [9.17, 15) is 21.6 Å². The van der Waals surface area contributed by atoms with Crippen LogP contribution in [-0.2, 0) is 20.9 Å². The standard InChI is InChI=1S/C20H22F3NO4S/c1-13(2)29(25,26)24-18-11-27-12-19(18)28-15-9-7-14(8-10-15)16-5-3-4-6-17(16)20(21,22)23/h3-10,13,18-19,24H,11-12H2,1-2H3. The number of hydrogen-bond acceptors (Lipinski definition) is 4. The topological polar surface area (TPSA) is 64.6 Å². The van der Waals surface area contributed by atoms with Crippen LogP contribution in [0.1, 0.15) is 19.4 Å². The van der Waals surface area contributed by atoms with E-state index >= 15 is 0 Å². The quantitative estimate of drug-likeness (QED) is 0.758. The Morgan fingerprint density at radius 2 is 1.72 bits per heavy atom. The molecule has 5 nitrogen and oxygen atoms in total. The van der Waals surface area contributed by atoms with Gasteiger partial charge < -0.3 is 9.47 Å². The number of sulfonamides is 1. The van der Waals surface area contributed by atoms with E-state index < -0.39 is 39.2 Å². The second-order valence-corrected chi connectivity index (χ2v) is 9.35. The second kappa shape index (κ2) is 8.33. The van der Waals surface area contributed by atoms with Gasteiger partial charge >= 0.3 is 6.18 Å². The molecule has 0 aromatic heterocycles. The van der Waals surface area contributed by atoms with Crippen molar-refractivity contribution < 1.29 is 31.1 Å². The molecule has 2 atom stereocenters. The van der Waals surface area contributed by atoms with Crippen LogP contribution < -0.4 is 9.46 Å². The third kappa shape index (κ3) is 5.09. The molecular weight excluding hydrogens is 407 g/mol. The first-order valence-electron chi connectivity index (χ1n) is 9.10. The molecule has 1 aliphatic rings. The normalized spacial score (nSPS) is 20.2. The largest absolute Gasteiger partial charge is 0.486 e. The van der Waals surface area contributed by atoms with Crippen LogP contribution in [0.4, 0.5) is 13.2 Å². The molecule has 1 saturated heterocycles. The van der Waals surface area contributed by atoms with E-state index in [1.54, 1.807) is 44.2 Å². The molecule has 1 N–H and O–H groups in total. The van der Waals surface area contributed by atoms with Crippen molar-refractivity contribution in [2.24, 2.45) is 0 Å². The fraction of sp³-hybridized carbons (Fsp3) is 0.400. The molecule has 9 heteroatoms. The summed E-state index contributed by atoms with van der Waals surface area (Å²) >= 11 is 0. The fourth-order valence-electron chi connectivity index (χ4n) is 2.98. The highest BCUT2D eigenvalue weighted by molar-refractivity contribution is 7.90. The van der Waals surface area contributed by atoms with E-state index in [0.717, 1.165) is 6.07 Å². The van der Waals surface area contributed by atoms with Crippen molar-refractivity contribution in [1.29, 1.82) is 0 Å². The second-order valence-electron chi connectivity index (χ2n) is 7.08. The SMILES string of the molecule is CC(C)S(=O)(=O)NC1COCC1Oc1ccc(-c2ccccc2C(F)(F)F)cc1. The summed E-state index contributed by atoms with van der Waals surface area (Å²) in [5.74, 6) is 0.419. The maximum Gasteiger partial charge on any atom is 0.417 e. The van der Waals surface area contributed by atoms with E-state index in [1.807, 2.05) is 0 Å². The molecule has 1 aliphatic heterocycles. The lowest BCUT2D eigenvalue weighted by Gasteiger charge is -2.22. The summed E-state index contributed by atoms with van der Waals surface area (Å²) in [5, 5.41) is -0.586. The Labute approximate surface area is 167 Å². The predicted molar refractivity (Wildman–Crippen MR) is 103 cm³/mol. The summed E-state index contributed by atoms with van der Waals surface area (Å²) in [6.07, 6.45) is -4.98. The first-order valence-corrected chi connectivity index (χ1v) is 10.6. The van der Waals surface area contributed by atoms with Gasteiger partial charge in [0.1, 0.15) is 11.9 Å². The van der Waals surface area contributed by atoms with E-state index in [-0.39, 0.29) is 18.8 Å². The van der Waals surface area contributed by atoms with Gasteiger partial charge in [-0.25, -0.2) is 13.1 Å². The smallest absolute Gasteiger partial charge is 0.417 e. The van der Waals surface area contributed by atoms with Crippen LogP contribution >= 0.6 is 0 Å². The molecule has 3 rings (SSSR count). The van der Waals surface area contributed by atoms with Crippen LogP contribution in [-0.4, -0.2) is 39.0 Å². The van der Waals surface area contributed by atoms with E-state index in [0.29, 0.717) is 11.3 Å². The van der Waals surface area contributed by atoms with Gasteiger partial charge in [-0.2, -0.15) is 13.2 Å². The van der Waals surface area contributed by atoms with Gasteiger partial charge in [0.25, 0.3) is 0 Å². The molecule has 1 heterocycles. The Hall–Kier alpha value is -2.10. The summed E-state index contributed by atoms with van der Waals surface area (Å²) in [7, 11) is -3.48. The average molecular weight is 429 g/mol. The molecule has 0 radical (unpaired) electrons. The Bertz CT molecular complexity index is 943. The minimum atomic E-state index is -4.45.